The fraction of sp³-hybridized carbons (Fsp3) is 0.480. The first kappa shape index (κ1) is 30.2. The summed E-state index contributed by atoms with van der Waals surface area (Å²) in [6.45, 7) is 2.72. The molecule has 1 saturated heterocycles. The van der Waals surface area contributed by atoms with Crippen molar-refractivity contribution in [3.63, 3.8) is 0 Å². The third kappa shape index (κ3) is 7.18. The quantitative estimate of drug-likeness (QED) is 0.213. The molecule has 1 aromatic carbocycles. The Bertz CT molecular complexity index is 1160. The Morgan fingerprint density at radius 1 is 0.775 bits per heavy atom. The molecule has 5 atom stereocenters. The highest BCUT2D eigenvalue weighted by atomic mass is 16.7. The van der Waals surface area contributed by atoms with E-state index < -0.39 is 91.8 Å². The molecule has 0 aromatic heterocycles. The van der Waals surface area contributed by atoms with Crippen molar-refractivity contribution >= 4 is 41.7 Å². The number of benzene rings is 1. The number of rotatable bonds is 10. The lowest BCUT2D eigenvalue weighted by Crippen LogP contribution is -2.62. The van der Waals surface area contributed by atoms with Gasteiger partial charge in [0.25, 0.3) is 11.8 Å². The zero-order chi connectivity index (χ0) is 29.6. The normalized spacial score (nSPS) is 23.6. The van der Waals surface area contributed by atoms with Crippen LogP contribution in [0.4, 0.5) is 0 Å². The second kappa shape index (κ2) is 13.1. The van der Waals surface area contributed by atoms with Gasteiger partial charge in [-0.1, -0.05) is 17.2 Å². The van der Waals surface area contributed by atoms with E-state index in [0.29, 0.717) is 5.06 Å². The van der Waals surface area contributed by atoms with Gasteiger partial charge in [0.05, 0.1) is 24.0 Å². The van der Waals surface area contributed by atoms with E-state index in [1.165, 1.54) is 19.2 Å². The van der Waals surface area contributed by atoms with Gasteiger partial charge in [-0.3, -0.25) is 28.8 Å². The molecule has 15 heteroatoms. The Hall–Kier alpha value is -4.37. The molecule has 0 aliphatic carbocycles. The summed E-state index contributed by atoms with van der Waals surface area (Å²) in [5.74, 6) is -5.93. The zero-order valence-electron chi connectivity index (χ0n) is 22.0. The predicted octanol–water partition coefficient (Wildman–Crippen LogP) is 0.231. The van der Waals surface area contributed by atoms with E-state index in [9.17, 15) is 33.6 Å². The van der Waals surface area contributed by atoms with E-state index >= 15 is 0 Å². The highest BCUT2D eigenvalue weighted by molar-refractivity contribution is 6.20. The molecule has 0 bridgehead atoms. The van der Waals surface area contributed by atoms with Gasteiger partial charge in [0.1, 0.15) is 12.7 Å². The van der Waals surface area contributed by atoms with E-state index in [1.54, 1.807) is 12.1 Å². The first-order chi connectivity index (χ1) is 18.9. The van der Waals surface area contributed by atoms with Crippen LogP contribution in [0.3, 0.4) is 0 Å². The number of amides is 2. The smallest absolute Gasteiger partial charge is 0.333 e. The van der Waals surface area contributed by atoms with Gasteiger partial charge < -0.3 is 33.3 Å². The van der Waals surface area contributed by atoms with Crippen LogP contribution in [0.5, 0.6) is 0 Å². The van der Waals surface area contributed by atoms with Crippen LogP contribution in [-0.2, 0) is 57.2 Å². The third-order valence-electron chi connectivity index (χ3n) is 5.62. The molecule has 2 aliphatic rings. The highest BCUT2D eigenvalue weighted by Gasteiger charge is 2.52. The fourth-order valence-corrected chi connectivity index (χ4v) is 4.03. The topological polar surface area (TPSA) is 187 Å². The SMILES string of the molecule is CO[C@H]1O[C@H](COC(=O)CCC(=O)ON2C(=O)c3ccccc3C2=O)[C@@H](OC(C)=O)[C@H](OC(C)=O)[C@H]1OC(C)=O. The van der Waals surface area contributed by atoms with Crippen LogP contribution in [-0.4, -0.2) is 91.1 Å². The lowest BCUT2D eigenvalue weighted by atomic mass is 9.98. The standard InChI is InChI=1S/C25H27NO14/c1-12(27)36-20-17(39-25(34-4)22(38-14(3)29)21(20)37-13(2)28)11-35-18(30)9-10-19(31)40-26-23(32)15-7-5-6-8-16(15)24(26)33/h5-8,17,20-22,25H,9-11H2,1-4H3/t17-,20-,21+,22-,25+/m1/s1. The molecule has 2 aliphatic heterocycles. The number of methoxy groups -OCH3 is 1. The summed E-state index contributed by atoms with van der Waals surface area (Å²) in [5.41, 5.74) is 0.152. The fourth-order valence-electron chi connectivity index (χ4n) is 4.03. The maximum atomic E-state index is 12.4. The number of carbonyl (C=O) groups is 7. The second-order valence-electron chi connectivity index (χ2n) is 8.60. The van der Waals surface area contributed by atoms with E-state index in [4.69, 9.17) is 33.3 Å². The van der Waals surface area contributed by atoms with Gasteiger partial charge in [0.2, 0.25) is 0 Å². The number of nitrogens with zero attached hydrogens (tertiary/aromatic N) is 1. The van der Waals surface area contributed by atoms with Gasteiger partial charge in [0.15, 0.2) is 24.6 Å². The highest BCUT2D eigenvalue weighted by Crippen LogP contribution is 2.29. The van der Waals surface area contributed by atoms with E-state index in [0.717, 1.165) is 20.8 Å². The molecule has 15 nitrogen and oxygen atoms in total. The molecule has 40 heavy (non-hydrogen) atoms. The van der Waals surface area contributed by atoms with Crippen molar-refractivity contribution in [2.45, 2.75) is 64.3 Å². The monoisotopic (exact) mass is 565 g/mol. The number of fused-ring (bicyclic) bond motifs is 1. The van der Waals surface area contributed by atoms with Crippen LogP contribution in [0.1, 0.15) is 54.3 Å². The van der Waals surface area contributed by atoms with Crippen molar-refractivity contribution in [3.8, 4) is 0 Å². The van der Waals surface area contributed by atoms with Crippen molar-refractivity contribution in [1.82, 2.24) is 5.06 Å². The molecule has 0 spiro atoms. The summed E-state index contributed by atoms with van der Waals surface area (Å²) < 4.78 is 31.7. The minimum atomic E-state index is -1.37. The first-order valence-electron chi connectivity index (χ1n) is 12.0. The van der Waals surface area contributed by atoms with Gasteiger partial charge in [-0.25, -0.2) is 4.79 Å². The van der Waals surface area contributed by atoms with Gasteiger partial charge in [-0.05, 0) is 12.1 Å². The summed E-state index contributed by atoms with van der Waals surface area (Å²) in [5, 5.41) is 0.317. The Morgan fingerprint density at radius 3 is 1.80 bits per heavy atom. The summed E-state index contributed by atoms with van der Waals surface area (Å²) in [6, 6.07) is 5.91. The van der Waals surface area contributed by atoms with Gasteiger partial charge >= 0.3 is 29.8 Å². The average Bonchev–Trinajstić information content (AvgIpc) is 3.12. The van der Waals surface area contributed by atoms with Crippen molar-refractivity contribution in [3.05, 3.63) is 35.4 Å². The summed E-state index contributed by atoms with van der Waals surface area (Å²) in [7, 11) is 1.22. The molecule has 2 amide bonds. The number of hydrogen-bond acceptors (Lipinski definition) is 14. The summed E-state index contributed by atoms with van der Waals surface area (Å²) >= 11 is 0. The third-order valence-corrected chi connectivity index (χ3v) is 5.62. The molecule has 0 N–H and O–H groups in total. The summed E-state index contributed by atoms with van der Waals surface area (Å²) in [6.07, 6.45) is -7.65. The average molecular weight is 565 g/mol. The lowest BCUT2D eigenvalue weighted by molar-refractivity contribution is -0.302. The van der Waals surface area contributed by atoms with E-state index in [2.05, 4.69) is 0 Å². The van der Waals surface area contributed by atoms with Crippen molar-refractivity contribution in [1.29, 1.82) is 0 Å². The number of esters is 4. The molecular weight excluding hydrogens is 538 g/mol. The number of ether oxygens (including phenoxy) is 6. The molecule has 0 radical (unpaired) electrons. The van der Waals surface area contributed by atoms with Crippen LogP contribution in [0.2, 0.25) is 0 Å². The Balaban J connectivity index is 1.60. The Kier molecular flexibility index (Phi) is 9.90. The van der Waals surface area contributed by atoms with E-state index in [1.807, 2.05) is 0 Å². The minimum Gasteiger partial charge on any atom is -0.463 e. The maximum absolute atomic E-state index is 12.4. The van der Waals surface area contributed by atoms with Crippen LogP contribution in [0.25, 0.3) is 0 Å². The first-order valence-corrected chi connectivity index (χ1v) is 12.0. The van der Waals surface area contributed by atoms with Gasteiger partial charge in [-0.15, -0.1) is 0 Å². The largest absolute Gasteiger partial charge is 0.463 e. The maximum Gasteiger partial charge on any atom is 0.333 e. The Labute approximate surface area is 227 Å². The molecular formula is C25H27NO14. The number of hydroxylamine groups is 2. The Morgan fingerprint density at radius 2 is 1.27 bits per heavy atom. The van der Waals surface area contributed by atoms with Crippen molar-refractivity contribution in [2.24, 2.45) is 0 Å². The number of hydrogen-bond donors (Lipinski definition) is 0. The molecule has 0 unspecified atom stereocenters. The van der Waals surface area contributed by atoms with Crippen molar-refractivity contribution < 1.29 is 66.8 Å². The van der Waals surface area contributed by atoms with Gasteiger partial charge in [-0.2, -0.15) is 0 Å². The van der Waals surface area contributed by atoms with Crippen molar-refractivity contribution in [2.75, 3.05) is 13.7 Å². The second-order valence-corrected chi connectivity index (χ2v) is 8.60. The van der Waals surface area contributed by atoms with Crippen LogP contribution in [0.15, 0.2) is 24.3 Å². The molecule has 216 valence electrons. The zero-order valence-corrected chi connectivity index (χ0v) is 22.0. The molecule has 2 heterocycles. The minimum absolute atomic E-state index is 0.0758. The predicted molar refractivity (Wildman–Crippen MR) is 126 cm³/mol. The molecule has 0 saturated carbocycles. The summed E-state index contributed by atoms with van der Waals surface area (Å²) in [4.78, 5) is 89.2. The van der Waals surface area contributed by atoms with Crippen LogP contribution >= 0.6 is 0 Å². The lowest BCUT2D eigenvalue weighted by Gasteiger charge is -2.43. The number of imide groups is 1. The van der Waals surface area contributed by atoms with E-state index in [-0.39, 0.29) is 11.1 Å². The van der Waals surface area contributed by atoms with Crippen LogP contribution < -0.4 is 0 Å². The number of carbonyl (C=O) groups excluding carboxylic acids is 7. The van der Waals surface area contributed by atoms with Crippen LogP contribution in [0, 0.1) is 0 Å². The molecule has 1 aromatic rings. The molecule has 1 fully saturated rings. The van der Waals surface area contributed by atoms with Gasteiger partial charge in [0, 0.05) is 27.9 Å². The molecule has 3 rings (SSSR count).